The van der Waals surface area contributed by atoms with Gasteiger partial charge in [0, 0.05) is 38.2 Å². The van der Waals surface area contributed by atoms with Crippen LogP contribution in [0.5, 0.6) is 0 Å². The lowest BCUT2D eigenvalue weighted by atomic mass is 10.0. The second kappa shape index (κ2) is 10.2. The van der Waals surface area contributed by atoms with E-state index in [4.69, 9.17) is 9.29 Å². The van der Waals surface area contributed by atoms with Gasteiger partial charge in [0.25, 0.3) is 10.1 Å². The smallest absolute Gasteiger partial charge is 0.414 e. The number of anilines is 2. The molecule has 0 unspecified atom stereocenters. The molecule has 12 heteroatoms. The van der Waals surface area contributed by atoms with Crippen LogP contribution >= 0.6 is 12.4 Å². The van der Waals surface area contributed by atoms with Crippen molar-refractivity contribution in [1.29, 1.82) is 0 Å². The number of hydrogen-bond acceptors (Lipinski definition) is 6. The molecule has 4 rings (SSSR count). The van der Waals surface area contributed by atoms with E-state index in [0.717, 1.165) is 19.2 Å². The first-order valence-electron chi connectivity index (χ1n) is 10.2. The van der Waals surface area contributed by atoms with Crippen molar-refractivity contribution in [2.45, 2.75) is 12.5 Å². The number of hydrogen-bond donors (Lipinski definition) is 2. The largest absolute Gasteiger partial charge is 0.444 e. The molecule has 0 spiro atoms. The molecule has 8 nitrogen and oxygen atoms in total. The molecule has 33 heavy (non-hydrogen) atoms. The van der Waals surface area contributed by atoms with Crippen LogP contribution in [0.1, 0.15) is 6.42 Å². The van der Waals surface area contributed by atoms with Crippen LogP contribution in [-0.4, -0.2) is 63.6 Å². The lowest BCUT2D eigenvalue weighted by Gasteiger charge is -2.29. The Morgan fingerprint density at radius 2 is 1.82 bits per heavy atom. The van der Waals surface area contributed by atoms with Gasteiger partial charge in [-0.25, -0.2) is 13.6 Å². The van der Waals surface area contributed by atoms with Crippen molar-refractivity contribution in [3.8, 4) is 11.1 Å². The van der Waals surface area contributed by atoms with Crippen molar-refractivity contribution in [3.63, 3.8) is 0 Å². The number of carbonyl (C=O) groups is 1. The number of ether oxygens (including phenoxy) is 1. The first-order chi connectivity index (χ1) is 15.2. The number of amides is 1. The second-order valence-corrected chi connectivity index (χ2v) is 9.33. The molecule has 0 aliphatic carbocycles. The minimum absolute atomic E-state index is 0. The lowest BCUT2D eigenvalue weighted by molar-refractivity contribution is 0.139. The summed E-state index contributed by atoms with van der Waals surface area (Å²) in [7, 11) is -4.17. The zero-order chi connectivity index (χ0) is 22.9. The highest BCUT2D eigenvalue weighted by Crippen LogP contribution is 2.32. The van der Waals surface area contributed by atoms with Crippen molar-refractivity contribution in [2.75, 3.05) is 48.3 Å². The Balaban J connectivity index is 0.00000306. The van der Waals surface area contributed by atoms with E-state index in [-0.39, 0.29) is 36.6 Å². The molecular weight excluding hydrogens is 480 g/mol. The van der Waals surface area contributed by atoms with E-state index in [9.17, 15) is 22.0 Å². The molecule has 0 aromatic heterocycles. The molecule has 0 radical (unpaired) electrons. The van der Waals surface area contributed by atoms with Crippen LogP contribution in [0, 0.1) is 11.6 Å². The summed E-state index contributed by atoms with van der Waals surface area (Å²) in [5.74, 6) is -1.61. The van der Waals surface area contributed by atoms with Crippen molar-refractivity contribution in [2.24, 2.45) is 0 Å². The van der Waals surface area contributed by atoms with E-state index in [0.29, 0.717) is 24.3 Å². The first-order valence-corrected chi connectivity index (χ1v) is 11.8. The molecule has 0 bridgehead atoms. The van der Waals surface area contributed by atoms with Crippen molar-refractivity contribution < 1.29 is 31.3 Å². The Morgan fingerprint density at radius 1 is 1.09 bits per heavy atom. The SMILES string of the molecule is Cl.O=C1O[C@H](CCS(=O)(=O)O)CN1c1ccc(-c2ccc(N3CCNCC3)c(F)c2)c(F)c1. The van der Waals surface area contributed by atoms with Gasteiger partial charge in [-0.1, -0.05) is 6.07 Å². The molecule has 180 valence electrons. The summed E-state index contributed by atoms with van der Waals surface area (Å²) in [6, 6.07) is 8.74. The Labute approximate surface area is 196 Å². The lowest BCUT2D eigenvalue weighted by Crippen LogP contribution is -2.43. The predicted octanol–water partition coefficient (Wildman–Crippen LogP) is 3.07. The summed E-state index contributed by atoms with van der Waals surface area (Å²) in [5, 5.41) is 3.21. The first kappa shape index (κ1) is 25.2. The number of cyclic esters (lactones) is 1. The van der Waals surface area contributed by atoms with E-state index >= 15 is 0 Å². The van der Waals surface area contributed by atoms with Crippen LogP contribution in [0.2, 0.25) is 0 Å². The molecule has 0 saturated carbocycles. The maximum atomic E-state index is 14.9. The van der Waals surface area contributed by atoms with E-state index in [1.807, 2.05) is 4.90 Å². The number of nitrogens with one attached hydrogen (secondary N) is 1. The fourth-order valence-electron chi connectivity index (χ4n) is 3.91. The van der Waals surface area contributed by atoms with E-state index in [1.54, 1.807) is 12.1 Å². The quantitative estimate of drug-likeness (QED) is 0.584. The number of piperazine rings is 1. The van der Waals surface area contributed by atoms with Crippen molar-refractivity contribution in [1.82, 2.24) is 5.32 Å². The maximum Gasteiger partial charge on any atom is 0.414 e. The monoisotopic (exact) mass is 503 g/mol. The second-order valence-electron chi connectivity index (χ2n) is 7.76. The van der Waals surface area contributed by atoms with Crippen LogP contribution in [0.25, 0.3) is 11.1 Å². The van der Waals surface area contributed by atoms with Gasteiger partial charge in [0.2, 0.25) is 0 Å². The van der Waals surface area contributed by atoms with Crippen LogP contribution in [0.15, 0.2) is 36.4 Å². The molecule has 2 aromatic carbocycles. The van der Waals surface area contributed by atoms with E-state index < -0.39 is 39.7 Å². The third-order valence-electron chi connectivity index (χ3n) is 5.55. The average molecular weight is 504 g/mol. The van der Waals surface area contributed by atoms with Crippen molar-refractivity contribution >= 4 is 40.0 Å². The minimum atomic E-state index is -4.17. The number of rotatable bonds is 6. The summed E-state index contributed by atoms with van der Waals surface area (Å²) in [6.45, 7) is 2.95. The number of carbonyl (C=O) groups excluding carboxylic acids is 1. The Hall–Kier alpha value is -2.47. The highest BCUT2D eigenvalue weighted by atomic mass is 35.5. The summed E-state index contributed by atoms with van der Waals surface area (Å²) in [6.07, 6.45) is -1.54. The van der Waals surface area contributed by atoms with Crippen LogP contribution < -0.4 is 15.1 Å². The third-order valence-corrected chi connectivity index (χ3v) is 6.30. The van der Waals surface area contributed by atoms with E-state index in [2.05, 4.69) is 5.32 Å². The van der Waals surface area contributed by atoms with Gasteiger partial charge in [-0.3, -0.25) is 9.45 Å². The van der Waals surface area contributed by atoms with Gasteiger partial charge < -0.3 is 15.0 Å². The standard InChI is InChI=1S/C21H23F2N3O5S.ClH/c22-18-12-15(26-13-16(31-21(26)27)5-10-32(28,29)30)2-3-17(18)14-1-4-20(19(23)11-14)25-8-6-24-7-9-25;/h1-4,11-12,16,24H,5-10,13H2,(H,28,29,30);1H/t16-;/m1./s1. The van der Waals surface area contributed by atoms with Gasteiger partial charge in [-0.15, -0.1) is 12.4 Å². The number of halogens is 3. The zero-order valence-corrected chi connectivity index (χ0v) is 19.2. The van der Waals surface area contributed by atoms with Gasteiger partial charge in [-0.05, 0) is 35.9 Å². The summed E-state index contributed by atoms with van der Waals surface area (Å²) >= 11 is 0. The third kappa shape index (κ3) is 5.91. The summed E-state index contributed by atoms with van der Waals surface area (Å²) in [4.78, 5) is 15.2. The topological polar surface area (TPSA) is 99.2 Å². The number of nitrogens with zero attached hydrogens (tertiary/aromatic N) is 2. The molecular formula is C21H24ClF2N3O5S. The van der Waals surface area contributed by atoms with Gasteiger partial charge in [0.1, 0.15) is 17.7 Å². The van der Waals surface area contributed by atoms with Gasteiger partial charge in [0.15, 0.2) is 0 Å². The summed E-state index contributed by atoms with van der Waals surface area (Å²) < 4.78 is 65.3. The van der Waals surface area contributed by atoms with Crippen LogP contribution in [-0.2, 0) is 14.9 Å². The number of benzene rings is 2. The Bertz CT molecular complexity index is 1130. The zero-order valence-electron chi connectivity index (χ0n) is 17.5. The Morgan fingerprint density at radius 3 is 2.45 bits per heavy atom. The fraction of sp³-hybridized carbons (Fsp3) is 0.381. The molecule has 2 aliphatic heterocycles. The predicted molar refractivity (Wildman–Crippen MR) is 123 cm³/mol. The van der Waals surface area contributed by atoms with Gasteiger partial charge >= 0.3 is 6.09 Å². The minimum Gasteiger partial charge on any atom is -0.444 e. The molecule has 1 amide bonds. The summed E-state index contributed by atoms with van der Waals surface area (Å²) in [5.41, 5.74) is 1.28. The van der Waals surface area contributed by atoms with Crippen molar-refractivity contribution in [3.05, 3.63) is 48.0 Å². The molecule has 2 saturated heterocycles. The fourth-order valence-corrected chi connectivity index (χ4v) is 4.47. The van der Waals surface area contributed by atoms with E-state index in [1.165, 1.54) is 23.1 Å². The normalized spacial score (nSPS) is 18.8. The average Bonchev–Trinajstić information content (AvgIpc) is 3.13. The van der Waals surface area contributed by atoms with Gasteiger partial charge in [0.05, 0.1) is 23.7 Å². The molecule has 2 fully saturated rings. The molecule has 1 atom stereocenters. The molecule has 2 N–H and O–H groups in total. The maximum absolute atomic E-state index is 14.9. The highest BCUT2D eigenvalue weighted by molar-refractivity contribution is 7.85. The molecule has 2 heterocycles. The van der Waals surface area contributed by atoms with Crippen LogP contribution in [0.4, 0.5) is 25.0 Å². The van der Waals surface area contributed by atoms with Crippen LogP contribution in [0.3, 0.4) is 0 Å². The van der Waals surface area contributed by atoms with Gasteiger partial charge in [-0.2, -0.15) is 8.42 Å². The molecule has 2 aliphatic rings. The highest BCUT2D eigenvalue weighted by Gasteiger charge is 2.33. The Kier molecular flexibility index (Phi) is 7.78. The molecule has 2 aromatic rings.